The normalized spacial score (nSPS) is 22.8. The van der Waals surface area contributed by atoms with Crippen LogP contribution < -0.4 is 15.4 Å². The Balaban J connectivity index is 2.18. The molecule has 1 saturated heterocycles. The molecule has 1 heterocycles. The third-order valence-corrected chi connectivity index (χ3v) is 3.51. The summed E-state index contributed by atoms with van der Waals surface area (Å²) in [5.74, 6) is 0.551. The summed E-state index contributed by atoms with van der Waals surface area (Å²) in [5, 5.41) is 6.66. The number of anilines is 1. The summed E-state index contributed by atoms with van der Waals surface area (Å²) < 4.78 is 5.20. The smallest absolute Gasteiger partial charge is 0.244 e. The summed E-state index contributed by atoms with van der Waals surface area (Å²) in [7, 11) is 1.56. The van der Waals surface area contributed by atoms with Crippen molar-refractivity contribution in [3.8, 4) is 5.75 Å². The van der Waals surface area contributed by atoms with Crippen molar-refractivity contribution >= 4 is 23.2 Å². The van der Waals surface area contributed by atoms with Crippen LogP contribution in [0.5, 0.6) is 5.75 Å². The van der Waals surface area contributed by atoms with Crippen LogP contribution in [0.2, 0.25) is 5.02 Å². The van der Waals surface area contributed by atoms with Gasteiger partial charge in [0.25, 0.3) is 0 Å². The van der Waals surface area contributed by atoms with Crippen LogP contribution in [0.15, 0.2) is 18.2 Å². The lowest BCUT2D eigenvalue weighted by Gasteiger charge is -2.23. The number of rotatable bonds is 3. The van der Waals surface area contributed by atoms with Gasteiger partial charge in [0.05, 0.1) is 18.3 Å². The van der Waals surface area contributed by atoms with E-state index in [1.165, 1.54) is 0 Å². The summed E-state index contributed by atoms with van der Waals surface area (Å²) in [6.45, 7) is 2.78. The molecule has 1 atom stereocenters. The lowest BCUT2D eigenvalue weighted by molar-refractivity contribution is -0.121. The highest BCUT2D eigenvalue weighted by Crippen LogP contribution is 2.29. The molecule has 98 valence electrons. The maximum Gasteiger partial charge on any atom is 0.244 e. The van der Waals surface area contributed by atoms with E-state index in [4.69, 9.17) is 16.3 Å². The minimum atomic E-state index is -0.507. The average molecular weight is 269 g/mol. The van der Waals surface area contributed by atoms with Crippen molar-refractivity contribution in [3.05, 3.63) is 23.2 Å². The van der Waals surface area contributed by atoms with Crippen LogP contribution in [0, 0.1) is 0 Å². The number of carbonyl (C=O) groups is 1. The van der Waals surface area contributed by atoms with Crippen LogP contribution in [0.1, 0.15) is 19.8 Å². The highest BCUT2D eigenvalue weighted by molar-refractivity contribution is 6.31. The molecule has 0 aliphatic carbocycles. The molecule has 1 fully saturated rings. The number of methoxy groups -OCH3 is 1. The van der Waals surface area contributed by atoms with E-state index in [2.05, 4.69) is 10.6 Å². The highest BCUT2D eigenvalue weighted by atomic mass is 35.5. The predicted octanol–water partition coefficient (Wildman–Crippen LogP) is 2.43. The van der Waals surface area contributed by atoms with Crippen molar-refractivity contribution in [1.29, 1.82) is 0 Å². The van der Waals surface area contributed by atoms with Crippen molar-refractivity contribution in [2.24, 2.45) is 0 Å². The SMILES string of the molecule is COc1ccc(Cl)cc1NC(=O)C1(C)CCCN1. The molecule has 0 radical (unpaired) electrons. The Hall–Kier alpha value is -1.26. The number of benzene rings is 1. The molecule has 0 aromatic heterocycles. The molecule has 18 heavy (non-hydrogen) atoms. The molecule has 0 saturated carbocycles. The molecule has 2 rings (SSSR count). The van der Waals surface area contributed by atoms with Gasteiger partial charge in [-0.05, 0) is 44.5 Å². The number of hydrogen-bond acceptors (Lipinski definition) is 3. The van der Waals surface area contributed by atoms with Crippen LogP contribution in [-0.4, -0.2) is 25.1 Å². The van der Waals surface area contributed by atoms with Crippen molar-refractivity contribution < 1.29 is 9.53 Å². The van der Waals surface area contributed by atoms with Crippen LogP contribution in [0.25, 0.3) is 0 Å². The molecule has 2 N–H and O–H groups in total. The minimum Gasteiger partial charge on any atom is -0.495 e. The zero-order valence-electron chi connectivity index (χ0n) is 10.5. The Morgan fingerprint density at radius 3 is 2.94 bits per heavy atom. The van der Waals surface area contributed by atoms with Crippen molar-refractivity contribution in [1.82, 2.24) is 5.32 Å². The van der Waals surface area contributed by atoms with Crippen molar-refractivity contribution in [2.45, 2.75) is 25.3 Å². The van der Waals surface area contributed by atoms with Gasteiger partial charge in [-0.2, -0.15) is 0 Å². The minimum absolute atomic E-state index is 0.0550. The predicted molar refractivity (Wildman–Crippen MR) is 72.3 cm³/mol. The maximum absolute atomic E-state index is 12.2. The van der Waals surface area contributed by atoms with Crippen LogP contribution in [0.4, 0.5) is 5.69 Å². The second-order valence-corrected chi connectivity index (χ2v) is 5.10. The van der Waals surface area contributed by atoms with E-state index in [0.717, 1.165) is 19.4 Å². The summed E-state index contributed by atoms with van der Waals surface area (Å²) in [6, 6.07) is 5.16. The molecule has 1 aromatic rings. The summed E-state index contributed by atoms with van der Waals surface area (Å²) in [4.78, 5) is 12.2. The molecule has 1 unspecified atom stereocenters. The second kappa shape index (κ2) is 5.16. The molecule has 1 aromatic carbocycles. The van der Waals surface area contributed by atoms with Gasteiger partial charge in [0, 0.05) is 5.02 Å². The van der Waals surface area contributed by atoms with Gasteiger partial charge in [-0.15, -0.1) is 0 Å². The fourth-order valence-electron chi connectivity index (χ4n) is 2.13. The van der Waals surface area contributed by atoms with Gasteiger partial charge in [-0.25, -0.2) is 0 Å². The number of amides is 1. The lowest BCUT2D eigenvalue weighted by Crippen LogP contribution is -2.48. The highest BCUT2D eigenvalue weighted by Gasteiger charge is 2.36. The first kappa shape index (κ1) is 13.2. The second-order valence-electron chi connectivity index (χ2n) is 4.66. The first-order valence-electron chi connectivity index (χ1n) is 5.95. The van der Waals surface area contributed by atoms with Gasteiger partial charge in [0.15, 0.2) is 0 Å². The van der Waals surface area contributed by atoms with E-state index in [9.17, 15) is 4.79 Å². The standard InChI is InChI=1S/C13H17ClN2O2/c1-13(6-3-7-15-13)12(17)16-10-8-9(14)4-5-11(10)18-2/h4-5,8,15H,3,6-7H2,1-2H3,(H,16,17). The van der Waals surface area contributed by atoms with Crippen LogP contribution in [-0.2, 0) is 4.79 Å². The molecule has 5 heteroatoms. The summed E-state index contributed by atoms with van der Waals surface area (Å²) in [6.07, 6.45) is 1.85. The Morgan fingerprint density at radius 2 is 2.33 bits per heavy atom. The quantitative estimate of drug-likeness (QED) is 0.885. The van der Waals surface area contributed by atoms with E-state index in [0.29, 0.717) is 16.5 Å². The molecule has 1 aliphatic rings. The zero-order chi connectivity index (χ0) is 13.2. The van der Waals surface area contributed by atoms with Gasteiger partial charge >= 0.3 is 0 Å². The van der Waals surface area contributed by atoms with Crippen LogP contribution in [0.3, 0.4) is 0 Å². The summed E-state index contributed by atoms with van der Waals surface area (Å²) >= 11 is 5.93. The molecular formula is C13H17ClN2O2. The molecular weight excluding hydrogens is 252 g/mol. The van der Waals surface area contributed by atoms with Crippen molar-refractivity contribution in [3.63, 3.8) is 0 Å². The number of carbonyl (C=O) groups excluding carboxylic acids is 1. The molecule has 1 amide bonds. The molecule has 4 nitrogen and oxygen atoms in total. The molecule has 0 spiro atoms. The van der Waals surface area contributed by atoms with E-state index >= 15 is 0 Å². The molecule has 0 bridgehead atoms. The largest absolute Gasteiger partial charge is 0.495 e. The van der Waals surface area contributed by atoms with E-state index in [1.807, 2.05) is 6.92 Å². The van der Waals surface area contributed by atoms with E-state index in [-0.39, 0.29) is 5.91 Å². The third kappa shape index (κ3) is 2.60. The fourth-order valence-corrected chi connectivity index (χ4v) is 2.30. The van der Waals surface area contributed by atoms with Crippen molar-refractivity contribution in [2.75, 3.05) is 19.0 Å². The summed E-state index contributed by atoms with van der Waals surface area (Å²) in [5.41, 5.74) is 0.0952. The monoisotopic (exact) mass is 268 g/mol. The first-order chi connectivity index (χ1) is 8.55. The fraction of sp³-hybridized carbons (Fsp3) is 0.462. The van der Waals surface area contributed by atoms with Gasteiger partial charge in [-0.3, -0.25) is 4.79 Å². The van der Waals surface area contributed by atoms with Gasteiger partial charge in [0.2, 0.25) is 5.91 Å². The average Bonchev–Trinajstić information content (AvgIpc) is 2.78. The topological polar surface area (TPSA) is 50.4 Å². The first-order valence-corrected chi connectivity index (χ1v) is 6.33. The Morgan fingerprint density at radius 1 is 1.56 bits per heavy atom. The Bertz CT molecular complexity index is 456. The van der Waals surface area contributed by atoms with Gasteiger partial charge in [0.1, 0.15) is 5.75 Å². The Labute approximate surface area is 112 Å². The lowest BCUT2D eigenvalue weighted by atomic mass is 9.99. The van der Waals surface area contributed by atoms with Gasteiger partial charge in [-0.1, -0.05) is 11.6 Å². The molecule has 1 aliphatic heterocycles. The van der Waals surface area contributed by atoms with E-state index in [1.54, 1.807) is 25.3 Å². The van der Waals surface area contributed by atoms with Gasteiger partial charge < -0.3 is 15.4 Å². The van der Waals surface area contributed by atoms with E-state index < -0.39 is 5.54 Å². The number of ether oxygens (including phenoxy) is 1. The number of halogens is 1. The third-order valence-electron chi connectivity index (χ3n) is 3.28. The number of nitrogens with one attached hydrogen (secondary N) is 2. The van der Waals surface area contributed by atoms with Crippen LogP contribution >= 0.6 is 11.6 Å². The Kier molecular flexibility index (Phi) is 3.78. The number of hydrogen-bond donors (Lipinski definition) is 2. The zero-order valence-corrected chi connectivity index (χ0v) is 11.3. The maximum atomic E-state index is 12.2.